The van der Waals surface area contributed by atoms with Gasteiger partial charge < -0.3 is 0 Å². The summed E-state index contributed by atoms with van der Waals surface area (Å²) in [5.41, 5.74) is 2.65. The maximum Gasteiger partial charge on any atom is 0.115 e. The fraction of sp³-hybridized carbons (Fsp3) is 0.375. The summed E-state index contributed by atoms with van der Waals surface area (Å²) in [5, 5.41) is 0. The molecule has 0 aliphatic carbocycles. The molecular weight excluding hydrogens is 314 g/mol. The van der Waals surface area contributed by atoms with Crippen LogP contribution in [-0.2, 0) is 6.54 Å². The zero-order valence-corrected chi connectivity index (χ0v) is 13.0. The molecular formula is C16H18BrN3. The van der Waals surface area contributed by atoms with E-state index in [1.165, 1.54) is 28.4 Å². The summed E-state index contributed by atoms with van der Waals surface area (Å²) in [7, 11) is 0. The predicted octanol–water partition coefficient (Wildman–Crippen LogP) is 3.62. The van der Waals surface area contributed by atoms with E-state index in [-0.39, 0.29) is 0 Å². The minimum atomic E-state index is 0.675. The lowest BCUT2D eigenvalue weighted by Gasteiger charge is -2.32. The van der Waals surface area contributed by atoms with Crippen molar-refractivity contribution in [2.24, 2.45) is 0 Å². The van der Waals surface area contributed by atoms with Gasteiger partial charge in [0.05, 0.1) is 0 Å². The van der Waals surface area contributed by atoms with E-state index in [2.05, 4.69) is 55.1 Å². The van der Waals surface area contributed by atoms with Gasteiger partial charge in [0, 0.05) is 29.0 Å². The molecule has 0 radical (unpaired) electrons. The topological polar surface area (TPSA) is 29.0 Å². The molecule has 0 saturated carbocycles. The third-order valence-corrected chi connectivity index (χ3v) is 4.68. The van der Waals surface area contributed by atoms with Crippen molar-refractivity contribution in [2.75, 3.05) is 13.1 Å². The Kier molecular flexibility index (Phi) is 4.43. The summed E-state index contributed by atoms with van der Waals surface area (Å²) in [5.74, 6) is 0.675. The van der Waals surface area contributed by atoms with Crippen molar-refractivity contribution >= 4 is 15.9 Å². The number of halogens is 1. The van der Waals surface area contributed by atoms with E-state index in [0.29, 0.717) is 5.92 Å². The van der Waals surface area contributed by atoms with E-state index < -0.39 is 0 Å². The van der Waals surface area contributed by atoms with E-state index in [0.717, 1.165) is 19.6 Å². The second-order valence-corrected chi connectivity index (χ2v) is 6.17. The zero-order valence-electron chi connectivity index (χ0n) is 11.4. The van der Waals surface area contributed by atoms with Crippen LogP contribution in [0, 0.1) is 0 Å². The van der Waals surface area contributed by atoms with Crippen molar-refractivity contribution in [3.8, 4) is 0 Å². The fourth-order valence-electron chi connectivity index (χ4n) is 2.88. The minimum Gasteiger partial charge on any atom is -0.299 e. The molecule has 1 aliphatic rings. The third kappa shape index (κ3) is 3.25. The van der Waals surface area contributed by atoms with Crippen molar-refractivity contribution in [3.63, 3.8) is 0 Å². The second-order valence-electron chi connectivity index (χ2n) is 5.32. The van der Waals surface area contributed by atoms with Crippen LogP contribution in [0.3, 0.4) is 0 Å². The summed E-state index contributed by atoms with van der Waals surface area (Å²) < 4.78 is 1.25. The van der Waals surface area contributed by atoms with E-state index in [1.807, 2.05) is 12.4 Å². The summed E-state index contributed by atoms with van der Waals surface area (Å²) in [6, 6.07) is 8.60. The highest BCUT2D eigenvalue weighted by atomic mass is 79.9. The SMILES string of the molecule is Brc1ccccc1C1CCN(Cc2cncnc2)CC1. The molecule has 1 aromatic heterocycles. The highest BCUT2D eigenvalue weighted by molar-refractivity contribution is 9.10. The maximum atomic E-state index is 4.08. The number of nitrogens with zero attached hydrogens (tertiary/aromatic N) is 3. The van der Waals surface area contributed by atoms with Gasteiger partial charge in [-0.25, -0.2) is 9.97 Å². The number of rotatable bonds is 3. The molecule has 0 atom stereocenters. The van der Waals surface area contributed by atoms with Gasteiger partial charge in [-0.2, -0.15) is 0 Å². The van der Waals surface area contributed by atoms with Gasteiger partial charge in [-0.05, 0) is 43.5 Å². The van der Waals surface area contributed by atoms with Crippen LogP contribution in [0.4, 0.5) is 0 Å². The lowest BCUT2D eigenvalue weighted by Crippen LogP contribution is -2.32. The van der Waals surface area contributed by atoms with E-state index >= 15 is 0 Å². The zero-order chi connectivity index (χ0) is 13.8. The van der Waals surface area contributed by atoms with Crippen molar-refractivity contribution in [1.82, 2.24) is 14.9 Å². The molecule has 3 rings (SSSR count). The highest BCUT2D eigenvalue weighted by Gasteiger charge is 2.21. The Morgan fingerprint density at radius 1 is 1.10 bits per heavy atom. The van der Waals surface area contributed by atoms with Gasteiger partial charge >= 0.3 is 0 Å². The van der Waals surface area contributed by atoms with E-state index in [1.54, 1.807) is 6.33 Å². The van der Waals surface area contributed by atoms with E-state index in [9.17, 15) is 0 Å². The summed E-state index contributed by atoms with van der Waals surface area (Å²) in [4.78, 5) is 10.7. The highest BCUT2D eigenvalue weighted by Crippen LogP contribution is 2.33. The average Bonchev–Trinajstić information content (AvgIpc) is 2.50. The molecule has 1 saturated heterocycles. The van der Waals surface area contributed by atoms with Crippen LogP contribution in [0.5, 0.6) is 0 Å². The van der Waals surface area contributed by atoms with Gasteiger partial charge in [-0.15, -0.1) is 0 Å². The lowest BCUT2D eigenvalue weighted by molar-refractivity contribution is 0.204. The van der Waals surface area contributed by atoms with Crippen LogP contribution in [0.25, 0.3) is 0 Å². The molecule has 0 spiro atoms. The summed E-state index contributed by atoms with van der Waals surface area (Å²) in [6.07, 6.45) is 7.84. The van der Waals surface area contributed by atoms with Crippen LogP contribution >= 0.6 is 15.9 Å². The Hall–Kier alpha value is -1.26. The molecule has 0 amide bonds. The first-order chi connectivity index (χ1) is 9.83. The Balaban J connectivity index is 1.59. The van der Waals surface area contributed by atoms with Crippen molar-refractivity contribution < 1.29 is 0 Å². The number of hydrogen-bond donors (Lipinski definition) is 0. The Morgan fingerprint density at radius 3 is 2.50 bits per heavy atom. The normalized spacial score (nSPS) is 17.2. The van der Waals surface area contributed by atoms with Crippen molar-refractivity contribution in [1.29, 1.82) is 0 Å². The van der Waals surface area contributed by atoms with Crippen LogP contribution in [-0.4, -0.2) is 28.0 Å². The standard InChI is InChI=1S/C16H18BrN3/c17-16-4-2-1-3-15(16)14-5-7-20(8-6-14)11-13-9-18-12-19-10-13/h1-4,9-10,12,14H,5-8,11H2. The van der Waals surface area contributed by atoms with E-state index in [4.69, 9.17) is 0 Å². The fourth-order valence-corrected chi connectivity index (χ4v) is 3.49. The predicted molar refractivity (Wildman–Crippen MR) is 83.4 cm³/mol. The molecule has 0 N–H and O–H groups in total. The third-order valence-electron chi connectivity index (χ3n) is 3.95. The molecule has 20 heavy (non-hydrogen) atoms. The quantitative estimate of drug-likeness (QED) is 0.860. The molecule has 2 heterocycles. The number of piperidine rings is 1. The first-order valence-electron chi connectivity index (χ1n) is 7.03. The van der Waals surface area contributed by atoms with Crippen LogP contribution in [0.15, 0.2) is 47.5 Å². The second kappa shape index (κ2) is 6.46. The van der Waals surface area contributed by atoms with Gasteiger partial charge in [0.25, 0.3) is 0 Å². The first kappa shape index (κ1) is 13.7. The molecule has 3 nitrogen and oxygen atoms in total. The summed E-state index contributed by atoms with van der Waals surface area (Å²) in [6.45, 7) is 3.24. The number of hydrogen-bond acceptors (Lipinski definition) is 3. The number of likely N-dealkylation sites (tertiary alicyclic amines) is 1. The monoisotopic (exact) mass is 331 g/mol. The Morgan fingerprint density at radius 2 is 1.80 bits per heavy atom. The smallest absolute Gasteiger partial charge is 0.115 e. The molecule has 2 aromatic rings. The Labute approximate surface area is 128 Å². The average molecular weight is 332 g/mol. The van der Waals surface area contributed by atoms with Gasteiger partial charge in [-0.3, -0.25) is 4.90 Å². The van der Waals surface area contributed by atoms with Crippen LogP contribution < -0.4 is 0 Å². The molecule has 104 valence electrons. The molecule has 1 aliphatic heterocycles. The molecule has 1 aromatic carbocycles. The largest absolute Gasteiger partial charge is 0.299 e. The van der Waals surface area contributed by atoms with Crippen LogP contribution in [0.1, 0.15) is 29.9 Å². The van der Waals surface area contributed by atoms with Gasteiger partial charge in [0.2, 0.25) is 0 Å². The van der Waals surface area contributed by atoms with Crippen molar-refractivity contribution in [2.45, 2.75) is 25.3 Å². The minimum absolute atomic E-state index is 0.675. The summed E-state index contributed by atoms with van der Waals surface area (Å²) >= 11 is 3.67. The van der Waals surface area contributed by atoms with Gasteiger partial charge in [0.15, 0.2) is 0 Å². The molecule has 0 bridgehead atoms. The van der Waals surface area contributed by atoms with Gasteiger partial charge in [0.1, 0.15) is 6.33 Å². The van der Waals surface area contributed by atoms with Crippen molar-refractivity contribution in [3.05, 3.63) is 58.6 Å². The first-order valence-corrected chi connectivity index (χ1v) is 7.83. The molecule has 1 fully saturated rings. The van der Waals surface area contributed by atoms with Crippen LogP contribution in [0.2, 0.25) is 0 Å². The number of benzene rings is 1. The number of aromatic nitrogens is 2. The maximum absolute atomic E-state index is 4.08. The molecule has 0 unspecified atom stereocenters. The molecule has 4 heteroatoms. The Bertz CT molecular complexity index is 551. The lowest BCUT2D eigenvalue weighted by atomic mass is 9.89. The van der Waals surface area contributed by atoms with Gasteiger partial charge in [-0.1, -0.05) is 34.1 Å².